The van der Waals surface area contributed by atoms with Crippen molar-refractivity contribution in [2.75, 3.05) is 11.9 Å². The Morgan fingerprint density at radius 3 is 3.19 bits per heavy atom. The largest absolute Gasteiger partial charge is 0.312 e. The Hall–Kier alpha value is -1.80. The van der Waals surface area contributed by atoms with Gasteiger partial charge in [0.05, 0.1) is 0 Å². The quantitative estimate of drug-likeness (QED) is 0.778. The van der Waals surface area contributed by atoms with Crippen LogP contribution in [-0.4, -0.2) is 32.8 Å². The van der Waals surface area contributed by atoms with E-state index in [4.69, 9.17) is 0 Å². The van der Waals surface area contributed by atoms with Gasteiger partial charge in [0.2, 0.25) is 5.13 Å². The number of fused-ring (bicyclic) bond motifs is 1. The van der Waals surface area contributed by atoms with E-state index >= 15 is 0 Å². The molecule has 2 aromatic rings. The summed E-state index contributed by atoms with van der Waals surface area (Å²) in [5.74, 6) is -0.227. The number of carbonyl (C=O) groups excluding carboxylic acids is 1. The smallest absolute Gasteiger partial charge is 0.278 e. The molecule has 2 aromatic heterocycles. The number of aromatic amines is 1. The van der Waals surface area contributed by atoms with Crippen LogP contribution >= 0.6 is 11.3 Å². The zero-order valence-corrected chi connectivity index (χ0v) is 12.7. The van der Waals surface area contributed by atoms with E-state index in [1.165, 1.54) is 11.3 Å². The molecule has 0 saturated heterocycles. The Kier molecular flexibility index (Phi) is 4.26. The van der Waals surface area contributed by atoms with Crippen molar-refractivity contribution in [3.63, 3.8) is 0 Å². The number of anilines is 1. The number of unbranched alkanes of at least 4 members (excludes halogenated alkanes) is 1. The Balaban J connectivity index is 1.68. The van der Waals surface area contributed by atoms with Crippen molar-refractivity contribution in [3.8, 4) is 0 Å². The van der Waals surface area contributed by atoms with Gasteiger partial charge < -0.3 is 5.32 Å². The molecule has 0 aliphatic carbocycles. The Morgan fingerprint density at radius 2 is 2.33 bits per heavy atom. The van der Waals surface area contributed by atoms with Gasteiger partial charge in [-0.3, -0.25) is 15.2 Å². The standard InChI is InChI=1S/C13H18N6OS/c1-2-3-4-10-17-19-13(21-10)15-12(20)11-8-7-14-6-5-9(8)16-18-11/h14H,2-7H2,1H3,(H,16,18)(H,15,19,20). The van der Waals surface area contributed by atoms with E-state index < -0.39 is 0 Å². The van der Waals surface area contributed by atoms with Gasteiger partial charge in [0.25, 0.3) is 5.91 Å². The Bertz CT molecular complexity index is 634. The van der Waals surface area contributed by atoms with Gasteiger partial charge in [-0.1, -0.05) is 24.7 Å². The third kappa shape index (κ3) is 3.11. The van der Waals surface area contributed by atoms with Gasteiger partial charge in [-0.15, -0.1) is 10.2 Å². The van der Waals surface area contributed by atoms with Gasteiger partial charge in [-0.2, -0.15) is 5.10 Å². The fourth-order valence-electron chi connectivity index (χ4n) is 2.30. The number of hydrogen-bond acceptors (Lipinski definition) is 6. The van der Waals surface area contributed by atoms with Crippen LogP contribution < -0.4 is 10.6 Å². The summed E-state index contributed by atoms with van der Waals surface area (Å²) in [5, 5.41) is 22.7. The molecule has 0 unspecified atom stereocenters. The molecule has 7 nitrogen and oxygen atoms in total. The number of aromatic nitrogens is 4. The van der Waals surface area contributed by atoms with Crippen molar-refractivity contribution in [2.45, 2.75) is 39.2 Å². The van der Waals surface area contributed by atoms with Crippen molar-refractivity contribution in [1.29, 1.82) is 0 Å². The van der Waals surface area contributed by atoms with Crippen LogP contribution in [-0.2, 0) is 19.4 Å². The minimum absolute atomic E-state index is 0.227. The number of nitrogens with zero attached hydrogens (tertiary/aromatic N) is 3. The first-order chi connectivity index (χ1) is 10.3. The van der Waals surface area contributed by atoms with E-state index in [1.54, 1.807) is 0 Å². The van der Waals surface area contributed by atoms with Crippen LogP contribution in [0.15, 0.2) is 0 Å². The highest BCUT2D eigenvalue weighted by atomic mass is 32.1. The number of aryl methyl sites for hydroxylation is 1. The van der Waals surface area contributed by atoms with Crippen LogP contribution in [0.3, 0.4) is 0 Å². The average molecular weight is 306 g/mol. The van der Waals surface area contributed by atoms with Gasteiger partial charge in [0.1, 0.15) is 5.01 Å². The molecule has 1 aliphatic rings. The van der Waals surface area contributed by atoms with Crippen LogP contribution in [0.25, 0.3) is 0 Å². The molecule has 3 heterocycles. The first-order valence-corrected chi connectivity index (χ1v) is 8.00. The normalized spacial score (nSPS) is 14.0. The first-order valence-electron chi connectivity index (χ1n) is 7.18. The van der Waals surface area contributed by atoms with E-state index in [9.17, 15) is 4.79 Å². The van der Waals surface area contributed by atoms with E-state index in [0.717, 1.165) is 48.5 Å². The molecule has 0 radical (unpaired) electrons. The Morgan fingerprint density at radius 1 is 1.43 bits per heavy atom. The van der Waals surface area contributed by atoms with Gasteiger partial charge in [-0.05, 0) is 6.42 Å². The summed E-state index contributed by atoms with van der Waals surface area (Å²) in [6.45, 7) is 3.72. The fraction of sp³-hybridized carbons (Fsp3) is 0.538. The number of H-pyrrole nitrogens is 1. The first kappa shape index (κ1) is 14.2. The summed E-state index contributed by atoms with van der Waals surface area (Å²) < 4.78 is 0. The van der Waals surface area contributed by atoms with Crippen molar-refractivity contribution >= 4 is 22.4 Å². The van der Waals surface area contributed by atoms with Crippen LogP contribution in [0.4, 0.5) is 5.13 Å². The topological polar surface area (TPSA) is 95.6 Å². The fourth-order valence-corrected chi connectivity index (χ4v) is 3.08. The maximum absolute atomic E-state index is 12.3. The highest BCUT2D eigenvalue weighted by Gasteiger charge is 2.22. The molecule has 21 heavy (non-hydrogen) atoms. The summed E-state index contributed by atoms with van der Waals surface area (Å²) in [7, 11) is 0. The van der Waals surface area contributed by atoms with E-state index in [2.05, 4.69) is 38.0 Å². The second-order valence-electron chi connectivity index (χ2n) is 5.01. The maximum atomic E-state index is 12.3. The lowest BCUT2D eigenvalue weighted by atomic mass is 10.1. The van der Waals surface area contributed by atoms with Crippen molar-refractivity contribution in [1.82, 2.24) is 25.7 Å². The van der Waals surface area contributed by atoms with E-state index in [-0.39, 0.29) is 5.91 Å². The predicted molar refractivity (Wildman–Crippen MR) is 80.5 cm³/mol. The third-order valence-electron chi connectivity index (χ3n) is 3.45. The summed E-state index contributed by atoms with van der Waals surface area (Å²) in [6.07, 6.45) is 3.98. The summed E-state index contributed by atoms with van der Waals surface area (Å²) in [4.78, 5) is 12.3. The van der Waals surface area contributed by atoms with E-state index in [1.807, 2.05) is 0 Å². The van der Waals surface area contributed by atoms with Crippen molar-refractivity contribution < 1.29 is 4.79 Å². The maximum Gasteiger partial charge on any atom is 0.278 e. The Labute approximate surface area is 126 Å². The van der Waals surface area contributed by atoms with Crippen LogP contribution in [0.2, 0.25) is 0 Å². The molecule has 0 aromatic carbocycles. The molecule has 0 fully saturated rings. The SMILES string of the molecule is CCCCc1nnc(NC(=O)c2n[nH]c3c2CNCC3)s1. The molecule has 112 valence electrons. The van der Waals surface area contributed by atoms with Crippen LogP contribution in [0.5, 0.6) is 0 Å². The number of rotatable bonds is 5. The minimum atomic E-state index is -0.227. The molecule has 0 saturated carbocycles. The molecule has 0 atom stereocenters. The van der Waals surface area contributed by atoms with Gasteiger partial charge >= 0.3 is 0 Å². The molecule has 1 aliphatic heterocycles. The monoisotopic (exact) mass is 306 g/mol. The third-order valence-corrected chi connectivity index (χ3v) is 4.35. The van der Waals surface area contributed by atoms with Crippen molar-refractivity contribution in [3.05, 3.63) is 22.0 Å². The van der Waals surface area contributed by atoms with Crippen LogP contribution in [0, 0.1) is 0 Å². The molecule has 1 amide bonds. The second-order valence-corrected chi connectivity index (χ2v) is 6.08. The lowest BCUT2D eigenvalue weighted by molar-refractivity contribution is 0.102. The zero-order chi connectivity index (χ0) is 14.7. The molecule has 3 N–H and O–H groups in total. The minimum Gasteiger partial charge on any atom is -0.312 e. The number of amides is 1. The molecule has 3 rings (SSSR count). The summed E-state index contributed by atoms with van der Waals surface area (Å²) >= 11 is 1.43. The highest BCUT2D eigenvalue weighted by Crippen LogP contribution is 2.20. The molecular weight excluding hydrogens is 288 g/mol. The zero-order valence-electron chi connectivity index (χ0n) is 11.9. The molecule has 0 spiro atoms. The molecule has 0 bridgehead atoms. The lowest BCUT2D eigenvalue weighted by Crippen LogP contribution is -2.25. The number of carbonyl (C=O) groups is 1. The van der Waals surface area contributed by atoms with Gasteiger partial charge in [-0.25, -0.2) is 0 Å². The number of nitrogens with one attached hydrogen (secondary N) is 3. The molecule has 8 heteroatoms. The lowest BCUT2D eigenvalue weighted by Gasteiger charge is -2.12. The summed E-state index contributed by atoms with van der Waals surface area (Å²) in [6, 6.07) is 0. The van der Waals surface area contributed by atoms with Crippen LogP contribution in [0.1, 0.15) is 46.5 Å². The number of hydrogen-bond donors (Lipinski definition) is 3. The van der Waals surface area contributed by atoms with Gasteiger partial charge in [0, 0.05) is 37.2 Å². The summed E-state index contributed by atoms with van der Waals surface area (Å²) in [5.41, 5.74) is 2.44. The molecular formula is C13H18N6OS. The predicted octanol–water partition coefficient (Wildman–Crippen LogP) is 1.50. The highest BCUT2D eigenvalue weighted by molar-refractivity contribution is 7.15. The van der Waals surface area contributed by atoms with Crippen molar-refractivity contribution in [2.24, 2.45) is 0 Å². The van der Waals surface area contributed by atoms with E-state index in [0.29, 0.717) is 17.4 Å². The second kappa shape index (κ2) is 6.31. The average Bonchev–Trinajstić information content (AvgIpc) is 3.11. The van der Waals surface area contributed by atoms with Gasteiger partial charge in [0.15, 0.2) is 5.69 Å².